The fourth-order valence-electron chi connectivity index (χ4n) is 2.38. The monoisotopic (exact) mass is 363 g/mol. The van der Waals surface area contributed by atoms with Crippen molar-refractivity contribution in [1.29, 1.82) is 0 Å². The second-order valence-electron chi connectivity index (χ2n) is 6.54. The van der Waals surface area contributed by atoms with Crippen LogP contribution in [0.2, 0.25) is 0 Å². The predicted octanol–water partition coefficient (Wildman–Crippen LogP) is 1.25. The smallest absolute Gasteiger partial charge is 0.325 e. The summed E-state index contributed by atoms with van der Waals surface area (Å²) in [6, 6.07) is 6.05. The summed E-state index contributed by atoms with van der Waals surface area (Å²) in [6.07, 6.45) is 3.47. The van der Waals surface area contributed by atoms with Gasteiger partial charge in [-0.2, -0.15) is 0 Å². The van der Waals surface area contributed by atoms with E-state index in [1.54, 1.807) is 43.3 Å². The van der Waals surface area contributed by atoms with Crippen LogP contribution in [0.3, 0.4) is 0 Å². The molecule has 0 spiro atoms. The van der Waals surface area contributed by atoms with E-state index < -0.39 is 11.9 Å². The molecule has 1 aromatic rings. The number of unbranched alkanes of at least 4 members (excludes halogenated alkanes) is 2. The number of primary amides is 1. The van der Waals surface area contributed by atoms with Gasteiger partial charge in [0.15, 0.2) is 0 Å². The van der Waals surface area contributed by atoms with Crippen molar-refractivity contribution in [2.24, 2.45) is 5.73 Å². The zero-order valence-electron chi connectivity index (χ0n) is 15.8. The summed E-state index contributed by atoms with van der Waals surface area (Å²) < 4.78 is 5.21. The van der Waals surface area contributed by atoms with Gasteiger partial charge in [0.2, 0.25) is 11.8 Å². The summed E-state index contributed by atoms with van der Waals surface area (Å²) in [5.41, 5.74) is 6.22. The Balaban J connectivity index is 2.59. The van der Waals surface area contributed by atoms with E-state index in [2.05, 4.69) is 12.2 Å². The number of benzene rings is 1. The van der Waals surface area contributed by atoms with Crippen molar-refractivity contribution in [3.05, 3.63) is 29.8 Å². The molecule has 0 aliphatic rings. The second kappa shape index (κ2) is 11.3. The van der Waals surface area contributed by atoms with Crippen LogP contribution < -0.4 is 15.8 Å². The van der Waals surface area contributed by atoms with E-state index in [0.717, 1.165) is 24.8 Å². The van der Waals surface area contributed by atoms with Crippen LogP contribution in [-0.4, -0.2) is 49.4 Å². The number of carbonyl (C=O) groups is 3. The van der Waals surface area contributed by atoms with Crippen LogP contribution in [0.25, 0.3) is 0 Å². The molecular formula is C19H29N3O4. The van der Waals surface area contributed by atoms with Gasteiger partial charge in [-0.3, -0.25) is 19.3 Å². The number of esters is 1. The normalized spacial score (nSPS) is 11.8. The number of nitrogens with zero attached hydrogens (tertiary/aromatic N) is 1. The van der Waals surface area contributed by atoms with E-state index in [-0.39, 0.29) is 18.4 Å². The molecule has 0 aromatic heterocycles. The molecule has 0 bridgehead atoms. The molecule has 0 heterocycles. The maximum absolute atomic E-state index is 11.9. The molecule has 1 rings (SSSR count). The molecule has 0 unspecified atom stereocenters. The number of hydrogen-bond acceptors (Lipinski definition) is 5. The summed E-state index contributed by atoms with van der Waals surface area (Å²) in [5.74, 6) is -0.663. The third kappa shape index (κ3) is 8.62. The van der Waals surface area contributed by atoms with Gasteiger partial charge < -0.3 is 15.8 Å². The maximum atomic E-state index is 11.9. The van der Waals surface area contributed by atoms with Gasteiger partial charge in [-0.15, -0.1) is 0 Å². The van der Waals surface area contributed by atoms with Gasteiger partial charge in [0.25, 0.3) is 0 Å². The molecule has 0 fully saturated rings. The number of ether oxygens (including phenoxy) is 1. The molecule has 0 radical (unpaired) electrons. The van der Waals surface area contributed by atoms with Crippen molar-refractivity contribution in [3.8, 4) is 5.75 Å². The average molecular weight is 363 g/mol. The number of nitrogens with two attached hydrogens (primary N) is 1. The lowest BCUT2D eigenvalue weighted by molar-refractivity contribution is -0.135. The minimum atomic E-state index is -0.758. The molecule has 0 aliphatic carbocycles. The number of hydrogen-bond donors (Lipinski definition) is 2. The minimum absolute atomic E-state index is 0.170. The summed E-state index contributed by atoms with van der Waals surface area (Å²) in [7, 11) is 3.57. The first-order valence-corrected chi connectivity index (χ1v) is 8.84. The van der Waals surface area contributed by atoms with Gasteiger partial charge in [0.05, 0.1) is 6.54 Å². The van der Waals surface area contributed by atoms with E-state index in [4.69, 9.17) is 10.5 Å². The largest absolute Gasteiger partial charge is 0.426 e. The summed E-state index contributed by atoms with van der Waals surface area (Å²) in [4.78, 5) is 36.9. The van der Waals surface area contributed by atoms with Crippen LogP contribution in [0.4, 0.5) is 0 Å². The Morgan fingerprint density at radius 1 is 1.15 bits per heavy atom. The van der Waals surface area contributed by atoms with Crippen LogP contribution in [0.5, 0.6) is 5.75 Å². The predicted molar refractivity (Wildman–Crippen MR) is 99.6 cm³/mol. The van der Waals surface area contributed by atoms with Crippen molar-refractivity contribution in [1.82, 2.24) is 10.2 Å². The molecule has 1 aromatic carbocycles. The summed E-state index contributed by atoms with van der Waals surface area (Å²) in [6.45, 7) is 2.25. The lowest BCUT2D eigenvalue weighted by Gasteiger charge is -2.16. The average Bonchev–Trinajstić information content (AvgIpc) is 2.55. The highest BCUT2D eigenvalue weighted by Gasteiger charge is 2.18. The van der Waals surface area contributed by atoms with Crippen molar-refractivity contribution < 1.29 is 19.1 Å². The van der Waals surface area contributed by atoms with Crippen LogP contribution in [0.1, 0.15) is 38.2 Å². The van der Waals surface area contributed by atoms with Gasteiger partial charge in [0.1, 0.15) is 11.8 Å². The van der Waals surface area contributed by atoms with Gasteiger partial charge >= 0.3 is 5.97 Å². The number of carbonyl (C=O) groups excluding carboxylic acids is 3. The molecule has 144 valence electrons. The second-order valence-corrected chi connectivity index (χ2v) is 6.54. The van der Waals surface area contributed by atoms with E-state index in [1.165, 1.54) is 0 Å². The topological polar surface area (TPSA) is 102 Å². The number of nitrogens with one attached hydrogen (secondary N) is 1. The molecule has 2 amide bonds. The zero-order valence-corrected chi connectivity index (χ0v) is 15.8. The van der Waals surface area contributed by atoms with Gasteiger partial charge in [-0.05, 0) is 38.2 Å². The SMILES string of the molecule is CCCCCC(=O)N[C@@H](Cc1ccc(OC(=O)CN(C)C)cc1)C(N)=O. The quantitative estimate of drug-likeness (QED) is 0.350. The molecule has 0 aliphatic heterocycles. The third-order valence-electron chi connectivity index (χ3n) is 3.73. The van der Waals surface area contributed by atoms with Crippen LogP contribution in [0, 0.1) is 0 Å². The Labute approximate surface area is 154 Å². The molecule has 0 saturated carbocycles. The first-order valence-electron chi connectivity index (χ1n) is 8.84. The lowest BCUT2D eigenvalue weighted by Crippen LogP contribution is -2.45. The molecule has 7 heteroatoms. The van der Waals surface area contributed by atoms with Gasteiger partial charge in [-0.25, -0.2) is 0 Å². The third-order valence-corrected chi connectivity index (χ3v) is 3.73. The van der Waals surface area contributed by atoms with Crippen LogP contribution >= 0.6 is 0 Å². The Hall–Kier alpha value is -2.41. The molecule has 7 nitrogen and oxygen atoms in total. The Bertz CT molecular complexity index is 599. The highest BCUT2D eigenvalue weighted by molar-refractivity contribution is 5.86. The van der Waals surface area contributed by atoms with E-state index >= 15 is 0 Å². The zero-order chi connectivity index (χ0) is 19.5. The number of likely N-dealkylation sites (N-methyl/N-ethyl adjacent to an activating group) is 1. The van der Waals surface area contributed by atoms with Gasteiger partial charge in [-0.1, -0.05) is 31.9 Å². The maximum Gasteiger partial charge on any atom is 0.325 e. The fourth-order valence-corrected chi connectivity index (χ4v) is 2.38. The molecular weight excluding hydrogens is 334 g/mol. The van der Waals surface area contributed by atoms with Crippen molar-refractivity contribution in [2.75, 3.05) is 20.6 Å². The van der Waals surface area contributed by atoms with Crippen molar-refractivity contribution in [2.45, 2.75) is 45.1 Å². The number of rotatable bonds is 11. The summed E-state index contributed by atoms with van der Waals surface area (Å²) >= 11 is 0. The highest BCUT2D eigenvalue weighted by atomic mass is 16.5. The lowest BCUT2D eigenvalue weighted by atomic mass is 10.0. The molecule has 0 saturated heterocycles. The van der Waals surface area contributed by atoms with Crippen molar-refractivity contribution in [3.63, 3.8) is 0 Å². The van der Waals surface area contributed by atoms with Crippen LogP contribution in [0.15, 0.2) is 24.3 Å². The molecule has 26 heavy (non-hydrogen) atoms. The fraction of sp³-hybridized carbons (Fsp3) is 0.526. The van der Waals surface area contributed by atoms with Gasteiger partial charge in [0, 0.05) is 12.8 Å². The Kier molecular flexibility index (Phi) is 9.36. The first-order chi connectivity index (χ1) is 12.3. The van der Waals surface area contributed by atoms with E-state index in [0.29, 0.717) is 18.6 Å². The Morgan fingerprint density at radius 3 is 2.35 bits per heavy atom. The minimum Gasteiger partial charge on any atom is -0.426 e. The number of amides is 2. The van der Waals surface area contributed by atoms with E-state index in [9.17, 15) is 14.4 Å². The van der Waals surface area contributed by atoms with E-state index in [1.807, 2.05) is 0 Å². The van der Waals surface area contributed by atoms with Crippen LogP contribution in [-0.2, 0) is 20.8 Å². The molecule has 3 N–H and O–H groups in total. The Morgan fingerprint density at radius 2 is 1.81 bits per heavy atom. The molecule has 1 atom stereocenters. The van der Waals surface area contributed by atoms with Crippen molar-refractivity contribution >= 4 is 17.8 Å². The standard InChI is InChI=1S/C19H29N3O4/c1-4-5-6-7-17(23)21-16(19(20)25)12-14-8-10-15(11-9-14)26-18(24)13-22(2)3/h8-11,16H,4-7,12-13H2,1-3H3,(H2,20,25)(H,21,23)/t16-/m0/s1. The first kappa shape index (κ1) is 21.6. The summed E-state index contributed by atoms with van der Waals surface area (Å²) in [5, 5.41) is 2.69. The highest BCUT2D eigenvalue weighted by Crippen LogP contribution is 2.14.